The minimum atomic E-state index is 0.0775. The van der Waals surface area contributed by atoms with Crippen LogP contribution >= 0.6 is 11.3 Å². The van der Waals surface area contributed by atoms with Gasteiger partial charge in [-0.25, -0.2) is 4.98 Å². The number of nitrogens with zero attached hydrogens (tertiary/aromatic N) is 3. The monoisotopic (exact) mass is 393 g/mol. The van der Waals surface area contributed by atoms with Crippen molar-refractivity contribution in [3.8, 4) is 5.75 Å². The number of aromatic nitrogens is 1. The topological polar surface area (TPSA) is 45.7 Å². The highest BCUT2D eigenvalue weighted by Crippen LogP contribution is 2.23. The third-order valence-corrected chi connectivity index (χ3v) is 5.95. The molecule has 5 nitrogen and oxygen atoms in total. The molecule has 0 spiro atoms. The molecule has 1 amide bonds. The van der Waals surface area contributed by atoms with Crippen LogP contribution in [0.15, 0.2) is 60.7 Å². The molecule has 0 atom stereocenters. The van der Waals surface area contributed by atoms with Crippen LogP contribution in [0.25, 0.3) is 0 Å². The Kier molecular flexibility index (Phi) is 5.58. The number of anilines is 1. The molecule has 28 heavy (non-hydrogen) atoms. The largest absolute Gasteiger partial charge is 0.486 e. The minimum Gasteiger partial charge on any atom is -0.486 e. The Labute approximate surface area is 169 Å². The second kappa shape index (κ2) is 8.44. The van der Waals surface area contributed by atoms with Crippen molar-refractivity contribution in [1.29, 1.82) is 0 Å². The Bertz CT molecular complexity index is 919. The third kappa shape index (κ3) is 4.17. The van der Waals surface area contributed by atoms with Gasteiger partial charge in [-0.05, 0) is 31.2 Å². The molecule has 0 saturated carbocycles. The quantitative estimate of drug-likeness (QED) is 0.657. The molecule has 0 aliphatic carbocycles. The predicted octanol–water partition coefficient (Wildman–Crippen LogP) is 3.99. The highest BCUT2D eigenvalue weighted by Gasteiger charge is 2.25. The van der Waals surface area contributed by atoms with Gasteiger partial charge in [0.1, 0.15) is 22.2 Å². The molecule has 1 fully saturated rings. The molecule has 1 aromatic heterocycles. The summed E-state index contributed by atoms with van der Waals surface area (Å²) >= 11 is 1.44. The van der Waals surface area contributed by atoms with E-state index < -0.39 is 0 Å². The van der Waals surface area contributed by atoms with E-state index in [0.29, 0.717) is 6.61 Å². The van der Waals surface area contributed by atoms with E-state index in [2.05, 4.69) is 22.0 Å². The molecule has 0 radical (unpaired) electrons. The standard InChI is InChI=1S/C22H23N3O2S/c1-17-21(28-20(23-17)16-27-19-10-6-3-7-11-19)22(26)25-14-12-24(13-15-25)18-8-4-2-5-9-18/h2-11H,12-16H2,1H3. The van der Waals surface area contributed by atoms with Gasteiger partial charge in [-0.3, -0.25) is 4.79 Å². The summed E-state index contributed by atoms with van der Waals surface area (Å²) in [6.45, 7) is 5.41. The van der Waals surface area contributed by atoms with E-state index in [1.165, 1.54) is 17.0 Å². The normalized spacial score (nSPS) is 14.2. The van der Waals surface area contributed by atoms with E-state index in [-0.39, 0.29) is 5.91 Å². The summed E-state index contributed by atoms with van der Waals surface area (Å²) < 4.78 is 5.77. The minimum absolute atomic E-state index is 0.0775. The number of hydrogen-bond donors (Lipinski definition) is 0. The number of rotatable bonds is 5. The summed E-state index contributed by atoms with van der Waals surface area (Å²) in [5, 5.41) is 0.827. The van der Waals surface area contributed by atoms with E-state index in [1.807, 2.05) is 60.4 Å². The van der Waals surface area contributed by atoms with Gasteiger partial charge in [-0.15, -0.1) is 11.3 Å². The molecule has 0 N–H and O–H groups in total. The van der Waals surface area contributed by atoms with Crippen LogP contribution in [0, 0.1) is 6.92 Å². The number of amides is 1. The van der Waals surface area contributed by atoms with Crippen molar-refractivity contribution < 1.29 is 9.53 Å². The third-order valence-electron chi connectivity index (χ3n) is 4.83. The number of para-hydroxylation sites is 2. The Morgan fingerprint density at radius 3 is 2.32 bits per heavy atom. The van der Waals surface area contributed by atoms with Crippen molar-refractivity contribution in [1.82, 2.24) is 9.88 Å². The van der Waals surface area contributed by atoms with Gasteiger partial charge in [0.05, 0.1) is 5.69 Å². The number of carbonyl (C=O) groups is 1. The Hall–Kier alpha value is -2.86. The molecule has 6 heteroatoms. The fourth-order valence-electron chi connectivity index (χ4n) is 3.32. The van der Waals surface area contributed by atoms with Crippen LogP contribution in [0.3, 0.4) is 0 Å². The highest BCUT2D eigenvalue weighted by molar-refractivity contribution is 7.13. The molecule has 144 valence electrons. The molecule has 1 saturated heterocycles. The molecular formula is C22H23N3O2S. The van der Waals surface area contributed by atoms with Crippen molar-refractivity contribution >= 4 is 22.9 Å². The van der Waals surface area contributed by atoms with E-state index in [0.717, 1.165) is 47.5 Å². The number of piperazine rings is 1. The Morgan fingerprint density at radius 2 is 1.64 bits per heavy atom. The summed E-state index contributed by atoms with van der Waals surface area (Å²) in [7, 11) is 0. The summed E-state index contributed by atoms with van der Waals surface area (Å²) in [6, 6.07) is 20.0. The molecule has 4 rings (SSSR count). The van der Waals surface area contributed by atoms with Crippen LogP contribution in [0.1, 0.15) is 20.4 Å². The summed E-state index contributed by atoms with van der Waals surface area (Å²) in [5.74, 6) is 0.883. The zero-order valence-electron chi connectivity index (χ0n) is 15.9. The number of carbonyl (C=O) groups excluding carboxylic acids is 1. The van der Waals surface area contributed by atoms with Crippen LogP contribution in [-0.2, 0) is 6.61 Å². The van der Waals surface area contributed by atoms with Gasteiger partial charge >= 0.3 is 0 Å². The van der Waals surface area contributed by atoms with Gasteiger partial charge in [0.2, 0.25) is 0 Å². The maximum Gasteiger partial charge on any atom is 0.265 e. The van der Waals surface area contributed by atoms with Crippen LogP contribution in [0.2, 0.25) is 0 Å². The number of hydrogen-bond acceptors (Lipinski definition) is 5. The van der Waals surface area contributed by atoms with E-state index >= 15 is 0 Å². The molecular weight excluding hydrogens is 370 g/mol. The lowest BCUT2D eigenvalue weighted by atomic mass is 10.2. The van der Waals surface area contributed by atoms with Gasteiger partial charge in [0, 0.05) is 31.9 Å². The van der Waals surface area contributed by atoms with Gasteiger partial charge in [0.15, 0.2) is 0 Å². The lowest BCUT2D eigenvalue weighted by Gasteiger charge is -2.36. The highest BCUT2D eigenvalue weighted by atomic mass is 32.1. The van der Waals surface area contributed by atoms with Crippen LogP contribution in [0.5, 0.6) is 5.75 Å². The predicted molar refractivity (Wildman–Crippen MR) is 112 cm³/mol. The molecule has 1 aliphatic heterocycles. The maximum absolute atomic E-state index is 13.0. The first-order valence-corrected chi connectivity index (χ1v) is 10.3. The fourth-order valence-corrected chi connectivity index (χ4v) is 4.27. The second-order valence-corrected chi connectivity index (χ2v) is 7.82. The first-order valence-electron chi connectivity index (χ1n) is 9.44. The van der Waals surface area contributed by atoms with E-state index in [4.69, 9.17) is 4.74 Å². The smallest absolute Gasteiger partial charge is 0.265 e. The lowest BCUT2D eigenvalue weighted by molar-refractivity contribution is 0.0750. The Morgan fingerprint density at radius 1 is 1.00 bits per heavy atom. The molecule has 0 unspecified atom stereocenters. The van der Waals surface area contributed by atoms with Crippen molar-refractivity contribution in [2.24, 2.45) is 0 Å². The molecule has 3 aromatic rings. The molecule has 1 aliphatic rings. The van der Waals surface area contributed by atoms with E-state index in [9.17, 15) is 4.79 Å². The summed E-state index contributed by atoms with van der Waals surface area (Å²) in [4.78, 5) is 22.5. The van der Waals surface area contributed by atoms with Crippen LogP contribution in [-0.4, -0.2) is 42.0 Å². The fraction of sp³-hybridized carbons (Fsp3) is 0.273. The second-order valence-electron chi connectivity index (χ2n) is 6.74. The number of benzene rings is 2. The van der Waals surface area contributed by atoms with Gasteiger partial charge in [-0.1, -0.05) is 36.4 Å². The van der Waals surface area contributed by atoms with Crippen molar-refractivity contribution in [3.05, 3.63) is 76.2 Å². The van der Waals surface area contributed by atoms with Crippen LogP contribution in [0.4, 0.5) is 5.69 Å². The maximum atomic E-state index is 13.0. The first-order chi connectivity index (χ1) is 13.7. The molecule has 0 bridgehead atoms. The molecule has 2 heterocycles. The Balaban J connectivity index is 1.37. The average molecular weight is 394 g/mol. The number of thiazole rings is 1. The number of aryl methyl sites for hydroxylation is 1. The van der Waals surface area contributed by atoms with Gasteiger partial charge < -0.3 is 14.5 Å². The van der Waals surface area contributed by atoms with Gasteiger partial charge in [-0.2, -0.15) is 0 Å². The zero-order valence-corrected chi connectivity index (χ0v) is 16.7. The van der Waals surface area contributed by atoms with Crippen molar-refractivity contribution in [3.63, 3.8) is 0 Å². The van der Waals surface area contributed by atoms with Crippen LogP contribution < -0.4 is 9.64 Å². The van der Waals surface area contributed by atoms with E-state index in [1.54, 1.807) is 0 Å². The van der Waals surface area contributed by atoms with Gasteiger partial charge in [0.25, 0.3) is 5.91 Å². The SMILES string of the molecule is Cc1nc(COc2ccccc2)sc1C(=O)N1CCN(c2ccccc2)CC1. The zero-order chi connectivity index (χ0) is 19.3. The molecule has 2 aromatic carbocycles. The summed E-state index contributed by atoms with van der Waals surface area (Å²) in [6.07, 6.45) is 0. The van der Waals surface area contributed by atoms with Crippen molar-refractivity contribution in [2.75, 3.05) is 31.1 Å². The average Bonchev–Trinajstić information content (AvgIpc) is 3.14. The number of ether oxygens (including phenoxy) is 1. The van der Waals surface area contributed by atoms with Crippen molar-refractivity contribution in [2.45, 2.75) is 13.5 Å². The lowest BCUT2D eigenvalue weighted by Crippen LogP contribution is -2.48. The summed E-state index contributed by atoms with van der Waals surface area (Å²) in [5.41, 5.74) is 2.00. The first kappa shape index (κ1) is 18.5.